The maximum atomic E-state index is 5.65. The molecule has 0 saturated carbocycles. The molecular formula is C18H18BrN3OS. The van der Waals surface area contributed by atoms with E-state index in [1.807, 2.05) is 42.2 Å². The predicted molar refractivity (Wildman–Crippen MR) is 102 cm³/mol. The molecule has 2 aliphatic rings. The number of amidine groups is 1. The third kappa shape index (κ3) is 2.71. The molecule has 1 fully saturated rings. The zero-order valence-electron chi connectivity index (χ0n) is 13.5. The molecule has 3 atom stereocenters. The topological polar surface area (TPSA) is 37.7 Å². The summed E-state index contributed by atoms with van der Waals surface area (Å²) in [5.74, 6) is 0.894. The maximum Gasteiger partial charge on any atom is 0.160 e. The van der Waals surface area contributed by atoms with Crippen molar-refractivity contribution in [1.29, 1.82) is 0 Å². The van der Waals surface area contributed by atoms with Crippen LogP contribution >= 0.6 is 27.7 Å². The average molecular weight is 404 g/mol. The Morgan fingerprint density at radius 1 is 1.29 bits per heavy atom. The summed E-state index contributed by atoms with van der Waals surface area (Å²) in [5, 5.41) is 1.67. The van der Waals surface area contributed by atoms with Crippen molar-refractivity contribution in [2.24, 2.45) is 4.99 Å². The summed E-state index contributed by atoms with van der Waals surface area (Å²) < 4.78 is 6.69. The number of ether oxygens (including phenoxy) is 1. The van der Waals surface area contributed by atoms with Gasteiger partial charge >= 0.3 is 0 Å². The minimum Gasteiger partial charge on any atom is -0.496 e. The molecule has 2 aromatic rings. The van der Waals surface area contributed by atoms with Crippen LogP contribution in [0.4, 0.5) is 0 Å². The van der Waals surface area contributed by atoms with Crippen LogP contribution in [0.1, 0.15) is 30.3 Å². The molecule has 2 aliphatic heterocycles. The van der Waals surface area contributed by atoms with Crippen molar-refractivity contribution in [3.05, 3.63) is 58.3 Å². The summed E-state index contributed by atoms with van der Waals surface area (Å²) in [4.78, 5) is 12.0. The van der Waals surface area contributed by atoms with E-state index in [4.69, 9.17) is 9.73 Å². The molecule has 0 spiro atoms. The molecule has 24 heavy (non-hydrogen) atoms. The lowest BCUT2D eigenvalue weighted by molar-refractivity contribution is 0.307. The first-order valence-electron chi connectivity index (χ1n) is 7.93. The Balaban J connectivity index is 1.83. The average Bonchev–Trinajstić information content (AvgIpc) is 3.11. The number of hydrogen-bond donors (Lipinski definition) is 0. The van der Waals surface area contributed by atoms with Crippen LogP contribution in [0.3, 0.4) is 0 Å². The smallest absolute Gasteiger partial charge is 0.160 e. The second kappa shape index (κ2) is 6.41. The quantitative estimate of drug-likeness (QED) is 0.758. The number of rotatable bonds is 3. The highest BCUT2D eigenvalue weighted by atomic mass is 79.9. The van der Waals surface area contributed by atoms with E-state index in [9.17, 15) is 0 Å². The summed E-state index contributed by atoms with van der Waals surface area (Å²) in [6.45, 7) is 3.24. The highest BCUT2D eigenvalue weighted by Gasteiger charge is 2.44. The van der Waals surface area contributed by atoms with Gasteiger partial charge < -0.3 is 9.64 Å². The van der Waals surface area contributed by atoms with Crippen LogP contribution in [0.5, 0.6) is 5.75 Å². The molecule has 0 aliphatic carbocycles. The van der Waals surface area contributed by atoms with Gasteiger partial charge in [-0.3, -0.25) is 9.98 Å². The molecule has 0 unspecified atom stereocenters. The molecule has 4 nitrogen and oxygen atoms in total. The van der Waals surface area contributed by atoms with Gasteiger partial charge in [-0.15, -0.1) is 0 Å². The molecule has 0 bridgehead atoms. The number of fused-ring (bicyclic) bond motifs is 1. The number of hydrogen-bond acceptors (Lipinski definition) is 5. The van der Waals surface area contributed by atoms with Crippen molar-refractivity contribution in [3.63, 3.8) is 0 Å². The Kier molecular flexibility index (Phi) is 4.26. The van der Waals surface area contributed by atoms with Crippen molar-refractivity contribution in [3.8, 4) is 5.75 Å². The monoisotopic (exact) mass is 403 g/mol. The van der Waals surface area contributed by atoms with Gasteiger partial charge in [0.1, 0.15) is 11.8 Å². The molecule has 1 aromatic heterocycles. The summed E-state index contributed by atoms with van der Waals surface area (Å²) in [6.07, 6.45) is 1.84. The Labute approximate surface area is 154 Å². The number of halogens is 1. The molecule has 0 amide bonds. The van der Waals surface area contributed by atoms with E-state index in [2.05, 4.69) is 44.9 Å². The molecule has 4 rings (SSSR count). The Morgan fingerprint density at radius 2 is 2.17 bits per heavy atom. The minimum absolute atomic E-state index is 0.00981. The lowest BCUT2D eigenvalue weighted by Gasteiger charge is -2.28. The standard InChI is InChI=1S/C18H18BrN3OS/c1-11-10-22-17(13-9-12(19)6-7-15(13)23-2)16(21-18(22)24-11)14-5-3-4-8-20-14/h3-9,11,16-17H,10H2,1-2H3/t11-,16+,17-/m0/s1. The highest BCUT2D eigenvalue weighted by molar-refractivity contribution is 9.10. The molecule has 124 valence electrons. The van der Waals surface area contributed by atoms with E-state index in [-0.39, 0.29) is 12.1 Å². The SMILES string of the molecule is COc1ccc(Br)cc1[C@H]1[C@@H](c2ccccn2)N=C2S[C@@H](C)CN21. The second-order valence-corrected chi connectivity index (χ2v) is 8.34. The van der Waals surface area contributed by atoms with Crippen molar-refractivity contribution in [2.45, 2.75) is 24.3 Å². The van der Waals surface area contributed by atoms with Gasteiger partial charge in [-0.1, -0.05) is 40.7 Å². The van der Waals surface area contributed by atoms with Gasteiger partial charge in [-0.2, -0.15) is 0 Å². The van der Waals surface area contributed by atoms with Crippen LogP contribution in [-0.2, 0) is 0 Å². The first-order valence-corrected chi connectivity index (χ1v) is 9.60. The van der Waals surface area contributed by atoms with Gasteiger partial charge in [0.2, 0.25) is 0 Å². The van der Waals surface area contributed by atoms with E-state index >= 15 is 0 Å². The van der Waals surface area contributed by atoms with E-state index in [0.29, 0.717) is 5.25 Å². The fraction of sp³-hybridized carbons (Fsp3) is 0.333. The van der Waals surface area contributed by atoms with Gasteiger partial charge in [0.15, 0.2) is 5.17 Å². The van der Waals surface area contributed by atoms with Crippen molar-refractivity contribution in [2.75, 3.05) is 13.7 Å². The lowest BCUT2D eigenvalue weighted by Crippen LogP contribution is -2.28. The zero-order valence-corrected chi connectivity index (χ0v) is 15.9. The number of thioether (sulfide) groups is 1. The Bertz CT molecular complexity index is 783. The first-order chi connectivity index (χ1) is 11.7. The summed E-state index contributed by atoms with van der Waals surface area (Å²) >= 11 is 5.45. The number of nitrogens with zero attached hydrogens (tertiary/aromatic N) is 3. The van der Waals surface area contributed by atoms with Gasteiger partial charge in [0.25, 0.3) is 0 Å². The van der Waals surface area contributed by atoms with Crippen LogP contribution in [0.25, 0.3) is 0 Å². The molecule has 3 heterocycles. The summed E-state index contributed by atoms with van der Waals surface area (Å²) in [7, 11) is 1.72. The van der Waals surface area contributed by atoms with Gasteiger partial charge in [0.05, 0.1) is 18.8 Å². The second-order valence-electron chi connectivity index (χ2n) is 6.02. The number of methoxy groups -OCH3 is 1. The largest absolute Gasteiger partial charge is 0.496 e. The number of benzene rings is 1. The van der Waals surface area contributed by atoms with Crippen LogP contribution in [0.2, 0.25) is 0 Å². The summed E-state index contributed by atoms with van der Waals surface area (Å²) in [6, 6.07) is 12.3. The minimum atomic E-state index is -0.00981. The first kappa shape index (κ1) is 16.0. The molecule has 0 radical (unpaired) electrons. The van der Waals surface area contributed by atoms with Crippen molar-refractivity contribution < 1.29 is 4.74 Å². The van der Waals surface area contributed by atoms with Gasteiger partial charge in [-0.05, 0) is 30.3 Å². The van der Waals surface area contributed by atoms with E-state index in [0.717, 1.165) is 33.2 Å². The molecule has 1 aromatic carbocycles. The highest BCUT2D eigenvalue weighted by Crippen LogP contribution is 2.49. The van der Waals surface area contributed by atoms with Crippen LogP contribution in [-0.4, -0.2) is 34.0 Å². The molecule has 0 N–H and O–H groups in total. The fourth-order valence-corrected chi connectivity index (χ4v) is 4.86. The lowest BCUT2D eigenvalue weighted by atomic mass is 9.95. The maximum absolute atomic E-state index is 5.65. The normalized spacial score (nSPS) is 25.5. The predicted octanol–water partition coefficient (Wildman–Crippen LogP) is 4.44. The Hall–Kier alpha value is -1.53. The number of aromatic nitrogens is 1. The summed E-state index contributed by atoms with van der Waals surface area (Å²) in [5.41, 5.74) is 2.15. The number of pyridine rings is 1. The Morgan fingerprint density at radius 3 is 2.92 bits per heavy atom. The van der Waals surface area contributed by atoms with E-state index in [1.54, 1.807) is 7.11 Å². The van der Waals surface area contributed by atoms with Crippen LogP contribution in [0.15, 0.2) is 52.1 Å². The third-order valence-corrected chi connectivity index (χ3v) is 5.99. The molecular weight excluding hydrogens is 386 g/mol. The zero-order chi connectivity index (χ0) is 16.7. The van der Waals surface area contributed by atoms with E-state index in [1.165, 1.54) is 0 Å². The number of aliphatic imine (C=N–C) groups is 1. The van der Waals surface area contributed by atoms with Gasteiger partial charge in [0, 0.05) is 28.0 Å². The molecule has 6 heteroatoms. The van der Waals surface area contributed by atoms with E-state index < -0.39 is 0 Å². The van der Waals surface area contributed by atoms with Crippen LogP contribution < -0.4 is 4.74 Å². The van der Waals surface area contributed by atoms with Crippen LogP contribution in [0, 0.1) is 0 Å². The molecule has 1 saturated heterocycles. The van der Waals surface area contributed by atoms with Crippen molar-refractivity contribution >= 4 is 32.9 Å². The fourth-order valence-electron chi connectivity index (χ4n) is 3.39. The third-order valence-electron chi connectivity index (χ3n) is 4.39. The van der Waals surface area contributed by atoms with Crippen molar-refractivity contribution in [1.82, 2.24) is 9.88 Å². The van der Waals surface area contributed by atoms with Gasteiger partial charge in [-0.25, -0.2) is 0 Å².